The lowest BCUT2D eigenvalue weighted by atomic mass is 9.53. The van der Waals surface area contributed by atoms with Gasteiger partial charge in [0.2, 0.25) is 0 Å². The smallest absolute Gasteiger partial charge is 0.315 e. The van der Waals surface area contributed by atoms with Crippen molar-refractivity contribution in [1.29, 1.82) is 0 Å². The fourth-order valence-electron chi connectivity index (χ4n) is 4.81. The zero-order valence-corrected chi connectivity index (χ0v) is 11.1. The topological polar surface area (TPSA) is 61.4 Å². The first-order valence-electron chi connectivity index (χ1n) is 7.28. The number of aliphatic hydroxyl groups excluding tert-OH is 1. The van der Waals surface area contributed by atoms with Crippen LogP contribution in [0, 0.1) is 17.8 Å². The Balaban J connectivity index is 1.63. The van der Waals surface area contributed by atoms with Crippen LogP contribution in [0.1, 0.15) is 45.4 Å². The lowest BCUT2D eigenvalue weighted by Crippen LogP contribution is -2.62. The molecule has 0 aliphatic heterocycles. The van der Waals surface area contributed by atoms with Crippen LogP contribution in [0.15, 0.2) is 0 Å². The van der Waals surface area contributed by atoms with Gasteiger partial charge in [-0.15, -0.1) is 0 Å². The Hall–Kier alpha value is -0.770. The van der Waals surface area contributed by atoms with E-state index in [0.717, 1.165) is 17.8 Å². The Morgan fingerprint density at radius 1 is 1.22 bits per heavy atom. The van der Waals surface area contributed by atoms with Crippen molar-refractivity contribution in [3.8, 4) is 0 Å². The third-order valence-electron chi connectivity index (χ3n) is 5.07. The van der Waals surface area contributed by atoms with Gasteiger partial charge in [-0.3, -0.25) is 0 Å². The molecule has 0 aromatic rings. The van der Waals surface area contributed by atoms with Crippen molar-refractivity contribution in [3.05, 3.63) is 0 Å². The second kappa shape index (κ2) is 4.41. The number of amides is 2. The number of hydrogen-bond acceptors (Lipinski definition) is 2. The Bertz CT molecular complexity index is 307. The maximum Gasteiger partial charge on any atom is 0.315 e. The summed E-state index contributed by atoms with van der Waals surface area (Å²) in [5.74, 6) is 2.52. The molecule has 0 saturated heterocycles. The van der Waals surface area contributed by atoms with Gasteiger partial charge in [0.05, 0.1) is 12.6 Å². The summed E-state index contributed by atoms with van der Waals surface area (Å²) in [5.41, 5.74) is 0.0635. The summed E-state index contributed by atoms with van der Waals surface area (Å²) < 4.78 is 0. The zero-order chi connectivity index (χ0) is 12.8. The highest BCUT2D eigenvalue weighted by Gasteiger charge is 2.51. The zero-order valence-electron chi connectivity index (χ0n) is 11.1. The van der Waals surface area contributed by atoms with Crippen molar-refractivity contribution in [2.24, 2.45) is 17.8 Å². The molecule has 0 unspecified atom stereocenters. The van der Waals surface area contributed by atoms with Crippen molar-refractivity contribution >= 4 is 6.03 Å². The number of carbonyl (C=O) groups excluding carboxylic acids is 1. The molecule has 4 nitrogen and oxygen atoms in total. The summed E-state index contributed by atoms with van der Waals surface area (Å²) in [5, 5.41) is 15.0. The van der Waals surface area contributed by atoms with E-state index >= 15 is 0 Å². The summed E-state index contributed by atoms with van der Waals surface area (Å²) in [7, 11) is 0. The lowest BCUT2D eigenvalue weighted by molar-refractivity contribution is -0.0137. The molecule has 102 valence electrons. The second-order valence-electron chi connectivity index (χ2n) is 6.88. The Kier molecular flexibility index (Phi) is 3.00. The molecule has 0 heterocycles. The Morgan fingerprint density at radius 2 is 1.72 bits per heavy atom. The minimum absolute atomic E-state index is 0.00566. The fourth-order valence-corrected chi connectivity index (χ4v) is 4.81. The average Bonchev–Trinajstić information content (AvgIpc) is 2.25. The van der Waals surface area contributed by atoms with Crippen molar-refractivity contribution in [1.82, 2.24) is 10.6 Å². The molecule has 2 amide bonds. The molecule has 1 atom stereocenters. The quantitative estimate of drug-likeness (QED) is 0.715. The molecule has 4 heteroatoms. The van der Waals surface area contributed by atoms with E-state index in [-0.39, 0.29) is 24.2 Å². The first kappa shape index (κ1) is 12.3. The number of nitrogens with one attached hydrogen (secondary N) is 2. The van der Waals surface area contributed by atoms with Gasteiger partial charge in [0, 0.05) is 5.54 Å². The second-order valence-corrected chi connectivity index (χ2v) is 6.88. The molecule has 4 aliphatic rings. The number of hydrogen-bond donors (Lipinski definition) is 3. The lowest BCUT2D eigenvalue weighted by Gasteiger charge is -2.56. The third kappa shape index (κ3) is 2.22. The molecule has 0 radical (unpaired) electrons. The Labute approximate surface area is 109 Å². The molecule has 4 saturated carbocycles. The number of carbonyl (C=O) groups is 1. The first-order chi connectivity index (χ1) is 8.58. The maximum atomic E-state index is 12.0. The van der Waals surface area contributed by atoms with Gasteiger partial charge in [-0.2, -0.15) is 0 Å². The summed E-state index contributed by atoms with van der Waals surface area (Å²) in [4.78, 5) is 12.0. The van der Waals surface area contributed by atoms with E-state index in [1.54, 1.807) is 0 Å². The monoisotopic (exact) mass is 252 g/mol. The predicted molar refractivity (Wildman–Crippen MR) is 69.1 cm³/mol. The van der Waals surface area contributed by atoms with Gasteiger partial charge in [0.15, 0.2) is 0 Å². The van der Waals surface area contributed by atoms with Gasteiger partial charge >= 0.3 is 6.03 Å². The molecule has 18 heavy (non-hydrogen) atoms. The number of aliphatic hydroxyl groups is 1. The number of urea groups is 1. The molecule has 4 fully saturated rings. The average molecular weight is 252 g/mol. The number of rotatable bonds is 3. The van der Waals surface area contributed by atoms with Gasteiger partial charge in [-0.25, -0.2) is 4.79 Å². The van der Waals surface area contributed by atoms with E-state index < -0.39 is 0 Å². The van der Waals surface area contributed by atoms with Crippen molar-refractivity contribution in [3.63, 3.8) is 0 Å². The molecule has 3 N–H and O–H groups in total. The first-order valence-corrected chi connectivity index (χ1v) is 7.28. The highest BCUT2D eigenvalue weighted by atomic mass is 16.3. The summed E-state index contributed by atoms with van der Waals surface area (Å²) in [6.45, 7) is 1.81. The maximum absolute atomic E-state index is 12.0. The van der Waals surface area contributed by atoms with E-state index in [2.05, 4.69) is 10.6 Å². The van der Waals surface area contributed by atoms with Gasteiger partial charge in [0.25, 0.3) is 0 Å². The fraction of sp³-hybridized carbons (Fsp3) is 0.929. The van der Waals surface area contributed by atoms with Crippen LogP contribution in [-0.4, -0.2) is 29.3 Å². The van der Waals surface area contributed by atoms with Gasteiger partial charge < -0.3 is 15.7 Å². The summed E-state index contributed by atoms with van der Waals surface area (Å²) in [6, 6.07) is -0.266. The molecule has 4 rings (SSSR count). The summed E-state index contributed by atoms with van der Waals surface area (Å²) in [6.07, 6.45) is 7.65. The third-order valence-corrected chi connectivity index (χ3v) is 5.07. The van der Waals surface area contributed by atoms with Gasteiger partial charge in [-0.1, -0.05) is 0 Å². The van der Waals surface area contributed by atoms with Crippen molar-refractivity contribution in [2.45, 2.75) is 57.0 Å². The van der Waals surface area contributed by atoms with E-state index in [1.807, 2.05) is 6.92 Å². The molecule has 4 bridgehead atoms. The molecule has 0 aromatic carbocycles. The van der Waals surface area contributed by atoms with Crippen LogP contribution in [0.2, 0.25) is 0 Å². The minimum atomic E-state index is -0.168. The summed E-state index contributed by atoms with van der Waals surface area (Å²) >= 11 is 0. The van der Waals surface area contributed by atoms with Gasteiger partial charge in [-0.05, 0) is 63.2 Å². The van der Waals surface area contributed by atoms with Crippen LogP contribution in [0.3, 0.4) is 0 Å². The molecule has 0 aromatic heterocycles. The van der Waals surface area contributed by atoms with Crippen LogP contribution in [0.25, 0.3) is 0 Å². The van der Waals surface area contributed by atoms with Crippen molar-refractivity contribution in [2.75, 3.05) is 6.61 Å². The molecular formula is C14H24N2O2. The standard InChI is InChI=1S/C14H24N2O2/c1-9(8-17)15-13(18)16-14-5-10-2-11(6-14)4-12(3-10)7-14/h9-12,17H,2-8H2,1H3,(H2,15,16,18)/t9-,10?,11?,12?,14?/m0/s1. The van der Waals surface area contributed by atoms with E-state index in [4.69, 9.17) is 5.11 Å². The van der Waals surface area contributed by atoms with Crippen LogP contribution < -0.4 is 10.6 Å². The van der Waals surface area contributed by atoms with Crippen LogP contribution in [0.5, 0.6) is 0 Å². The Morgan fingerprint density at radius 3 is 2.17 bits per heavy atom. The van der Waals surface area contributed by atoms with E-state index in [9.17, 15) is 4.79 Å². The predicted octanol–water partition coefficient (Wildman–Crippen LogP) is 1.64. The van der Waals surface area contributed by atoms with Crippen LogP contribution in [0.4, 0.5) is 4.79 Å². The molecule has 0 spiro atoms. The highest BCUT2D eigenvalue weighted by molar-refractivity contribution is 5.75. The molecule has 4 aliphatic carbocycles. The largest absolute Gasteiger partial charge is 0.394 e. The van der Waals surface area contributed by atoms with Gasteiger partial charge in [0.1, 0.15) is 0 Å². The van der Waals surface area contributed by atoms with E-state index in [0.29, 0.717) is 0 Å². The van der Waals surface area contributed by atoms with Crippen LogP contribution >= 0.6 is 0 Å². The normalized spacial score (nSPS) is 42.7. The van der Waals surface area contributed by atoms with E-state index in [1.165, 1.54) is 38.5 Å². The highest BCUT2D eigenvalue weighted by Crippen LogP contribution is 2.55. The SMILES string of the molecule is C[C@@H](CO)NC(=O)NC12CC3CC(CC(C3)C1)C2. The van der Waals surface area contributed by atoms with Crippen LogP contribution in [-0.2, 0) is 0 Å². The van der Waals surface area contributed by atoms with Crippen molar-refractivity contribution < 1.29 is 9.90 Å². The molecular weight excluding hydrogens is 228 g/mol. The minimum Gasteiger partial charge on any atom is -0.394 e.